The van der Waals surface area contributed by atoms with Gasteiger partial charge < -0.3 is 0 Å². The fourth-order valence-corrected chi connectivity index (χ4v) is 4.75. The molecule has 0 N–H and O–H groups in total. The van der Waals surface area contributed by atoms with E-state index < -0.39 is 11.6 Å². The summed E-state index contributed by atoms with van der Waals surface area (Å²) in [5.74, 6) is -1.53. The number of hydrogen-bond acceptors (Lipinski definition) is 3. The minimum Gasteiger partial charge on any atom is -0.298 e. The van der Waals surface area contributed by atoms with Crippen LogP contribution in [0.5, 0.6) is 0 Å². The molecule has 0 saturated carbocycles. The molecule has 2 aliphatic rings. The molecule has 3 nitrogen and oxygen atoms in total. The van der Waals surface area contributed by atoms with Crippen molar-refractivity contribution in [2.45, 2.75) is 39.3 Å². The van der Waals surface area contributed by atoms with Crippen molar-refractivity contribution < 1.29 is 8.78 Å². The van der Waals surface area contributed by atoms with E-state index in [1.807, 2.05) is 13.0 Å². The highest BCUT2D eigenvalue weighted by molar-refractivity contribution is 5.18. The average molecular weight is 371 g/mol. The Morgan fingerprint density at radius 2 is 1.78 bits per heavy atom. The molecule has 2 saturated heterocycles. The Bertz CT molecular complexity index is 810. The Hall–Kier alpha value is -1.85. The molecule has 0 unspecified atom stereocenters. The number of halogens is 2. The molecular formula is C22H27F2N3. The van der Waals surface area contributed by atoms with Crippen molar-refractivity contribution >= 4 is 0 Å². The van der Waals surface area contributed by atoms with Crippen LogP contribution in [0, 0.1) is 24.0 Å². The number of pyridine rings is 1. The zero-order valence-corrected chi connectivity index (χ0v) is 15.9. The second-order valence-corrected chi connectivity index (χ2v) is 8.29. The van der Waals surface area contributed by atoms with E-state index in [0.29, 0.717) is 12.0 Å². The van der Waals surface area contributed by atoms with Gasteiger partial charge in [0.15, 0.2) is 11.6 Å². The van der Waals surface area contributed by atoms with Crippen molar-refractivity contribution in [3.8, 4) is 0 Å². The van der Waals surface area contributed by atoms with Crippen LogP contribution in [0.3, 0.4) is 0 Å². The Morgan fingerprint density at radius 3 is 2.56 bits per heavy atom. The Labute approximate surface area is 160 Å². The number of benzene rings is 1. The summed E-state index contributed by atoms with van der Waals surface area (Å²) in [5.41, 5.74) is 3.38. The van der Waals surface area contributed by atoms with Crippen LogP contribution in [0.4, 0.5) is 8.78 Å². The molecule has 144 valence electrons. The van der Waals surface area contributed by atoms with Crippen molar-refractivity contribution in [1.29, 1.82) is 0 Å². The topological polar surface area (TPSA) is 19.4 Å². The van der Waals surface area contributed by atoms with Gasteiger partial charge in [-0.15, -0.1) is 0 Å². The van der Waals surface area contributed by atoms with Gasteiger partial charge in [-0.25, -0.2) is 8.78 Å². The Balaban J connectivity index is 1.38. The Kier molecular flexibility index (Phi) is 5.24. The summed E-state index contributed by atoms with van der Waals surface area (Å²) in [6, 6.07) is 10.5. The summed E-state index contributed by atoms with van der Waals surface area (Å²) in [6.45, 7) is 7.90. The third-order valence-corrected chi connectivity index (χ3v) is 5.98. The lowest BCUT2D eigenvalue weighted by atomic mass is 9.79. The van der Waals surface area contributed by atoms with Crippen LogP contribution in [0.1, 0.15) is 36.2 Å². The molecule has 2 aromatic rings. The van der Waals surface area contributed by atoms with E-state index in [4.69, 9.17) is 0 Å². The molecular weight excluding hydrogens is 344 g/mol. The van der Waals surface area contributed by atoms with E-state index in [1.54, 1.807) is 6.07 Å². The van der Waals surface area contributed by atoms with Gasteiger partial charge in [0, 0.05) is 31.9 Å². The standard InChI is InChI=1S/C22H27F2N3/c1-17-4-2-5-19(25-17)14-27-11-9-22(16-27)8-3-10-26(15-22)13-18-6-7-20(23)21(24)12-18/h2,4-7,12H,3,8-11,13-16H2,1H3/t22-/m0/s1. The van der Waals surface area contributed by atoms with Crippen LogP contribution in [0.25, 0.3) is 0 Å². The van der Waals surface area contributed by atoms with Crippen LogP contribution in [-0.4, -0.2) is 41.0 Å². The number of aromatic nitrogens is 1. The minimum atomic E-state index is -0.773. The first kappa shape index (κ1) is 18.5. The third-order valence-electron chi connectivity index (χ3n) is 5.98. The largest absolute Gasteiger partial charge is 0.298 e. The van der Waals surface area contributed by atoms with Crippen molar-refractivity contribution in [1.82, 2.24) is 14.8 Å². The monoisotopic (exact) mass is 371 g/mol. The van der Waals surface area contributed by atoms with E-state index in [-0.39, 0.29) is 0 Å². The van der Waals surface area contributed by atoms with Gasteiger partial charge in [0.2, 0.25) is 0 Å². The van der Waals surface area contributed by atoms with Crippen LogP contribution in [0.15, 0.2) is 36.4 Å². The summed E-state index contributed by atoms with van der Waals surface area (Å²) in [7, 11) is 0. The molecule has 27 heavy (non-hydrogen) atoms. The van der Waals surface area contributed by atoms with E-state index in [2.05, 4.69) is 26.9 Å². The van der Waals surface area contributed by atoms with E-state index >= 15 is 0 Å². The maximum absolute atomic E-state index is 13.5. The van der Waals surface area contributed by atoms with Crippen LogP contribution in [0.2, 0.25) is 0 Å². The molecule has 2 aliphatic heterocycles. The number of hydrogen-bond donors (Lipinski definition) is 0. The van der Waals surface area contributed by atoms with Crippen LogP contribution >= 0.6 is 0 Å². The summed E-state index contributed by atoms with van der Waals surface area (Å²) >= 11 is 0. The van der Waals surface area contributed by atoms with Crippen molar-refractivity contribution in [2.24, 2.45) is 5.41 Å². The Morgan fingerprint density at radius 1 is 0.963 bits per heavy atom. The second kappa shape index (κ2) is 7.64. The highest BCUT2D eigenvalue weighted by atomic mass is 19.2. The van der Waals surface area contributed by atoms with E-state index in [1.165, 1.54) is 31.4 Å². The molecule has 3 heterocycles. The third kappa shape index (κ3) is 4.36. The zero-order valence-electron chi connectivity index (χ0n) is 15.9. The smallest absolute Gasteiger partial charge is 0.159 e. The maximum atomic E-state index is 13.5. The number of likely N-dealkylation sites (tertiary alicyclic amines) is 2. The maximum Gasteiger partial charge on any atom is 0.159 e. The van der Waals surface area contributed by atoms with Gasteiger partial charge in [0.25, 0.3) is 0 Å². The highest BCUT2D eigenvalue weighted by Crippen LogP contribution is 2.39. The normalized spacial score (nSPS) is 24.0. The second-order valence-electron chi connectivity index (χ2n) is 8.29. The predicted molar refractivity (Wildman–Crippen MR) is 102 cm³/mol. The van der Waals surface area contributed by atoms with Crippen LogP contribution < -0.4 is 0 Å². The lowest BCUT2D eigenvalue weighted by Crippen LogP contribution is -2.44. The van der Waals surface area contributed by atoms with E-state index in [0.717, 1.165) is 49.7 Å². The lowest BCUT2D eigenvalue weighted by Gasteiger charge is -2.40. The minimum absolute atomic E-state index is 0.320. The van der Waals surface area contributed by atoms with Gasteiger partial charge in [0.05, 0.1) is 5.69 Å². The molecule has 0 amide bonds. The lowest BCUT2D eigenvalue weighted by molar-refractivity contribution is 0.0864. The molecule has 2 fully saturated rings. The summed E-state index contributed by atoms with van der Waals surface area (Å²) in [5, 5.41) is 0. The van der Waals surface area contributed by atoms with Crippen molar-refractivity contribution in [3.63, 3.8) is 0 Å². The van der Waals surface area contributed by atoms with Gasteiger partial charge in [-0.2, -0.15) is 0 Å². The molecule has 0 radical (unpaired) electrons. The first-order valence-corrected chi connectivity index (χ1v) is 9.83. The predicted octanol–water partition coefficient (Wildman–Crippen LogP) is 4.16. The van der Waals surface area contributed by atoms with Crippen molar-refractivity contribution in [3.05, 3.63) is 65.0 Å². The SMILES string of the molecule is Cc1cccc(CN2CC[C@]3(CCCN(Cc4ccc(F)c(F)c4)C3)C2)n1. The highest BCUT2D eigenvalue weighted by Gasteiger charge is 2.41. The van der Waals surface area contributed by atoms with Gasteiger partial charge >= 0.3 is 0 Å². The van der Waals surface area contributed by atoms with Gasteiger partial charge in [0.1, 0.15) is 0 Å². The molecule has 4 rings (SSSR count). The number of piperidine rings is 1. The summed E-state index contributed by atoms with van der Waals surface area (Å²) in [4.78, 5) is 9.56. The van der Waals surface area contributed by atoms with E-state index in [9.17, 15) is 8.78 Å². The summed E-state index contributed by atoms with van der Waals surface area (Å²) < 4.78 is 26.7. The van der Waals surface area contributed by atoms with Gasteiger partial charge in [-0.05, 0) is 74.5 Å². The zero-order chi connectivity index (χ0) is 18.9. The fraction of sp³-hybridized carbons (Fsp3) is 0.500. The average Bonchev–Trinajstić information content (AvgIpc) is 3.00. The molecule has 1 aromatic heterocycles. The quantitative estimate of drug-likeness (QED) is 0.805. The molecule has 1 aromatic carbocycles. The van der Waals surface area contributed by atoms with Crippen LogP contribution in [-0.2, 0) is 13.1 Å². The molecule has 0 bridgehead atoms. The van der Waals surface area contributed by atoms with Gasteiger partial charge in [-0.1, -0.05) is 12.1 Å². The number of aryl methyl sites for hydroxylation is 1. The molecule has 0 aliphatic carbocycles. The first-order valence-electron chi connectivity index (χ1n) is 9.83. The molecule has 1 atom stereocenters. The van der Waals surface area contributed by atoms with Crippen molar-refractivity contribution in [2.75, 3.05) is 26.2 Å². The molecule has 1 spiro atoms. The number of rotatable bonds is 4. The number of nitrogens with zero attached hydrogens (tertiary/aromatic N) is 3. The molecule has 5 heteroatoms. The van der Waals surface area contributed by atoms with Gasteiger partial charge in [-0.3, -0.25) is 14.8 Å². The fourth-order valence-electron chi connectivity index (χ4n) is 4.75. The summed E-state index contributed by atoms with van der Waals surface area (Å²) in [6.07, 6.45) is 3.62. The first-order chi connectivity index (χ1) is 13.0.